The zero-order chi connectivity index (χ0) is 39.6. The number of carbonyl (C=O) groups excluding carboxylic acids is 6. The monoisotopic (exact) mass is 777 g/mol. The highest BCUT2D eigenvalue weighted by Gasteiger charge is 2.41. The van der Waals surface area contributed by atoms with E-state index in [0.29, 0.717) is 57.0 Å². The number of hydrogen-bond acceptors (Lipinski definition) is 10. The van der Waals surface area contributed by atoms with Gasteiger partial charge in [0.25, 0.3) is 0 Å². The van der Waals surface area contributed by atoms with Crippen LogP contribution in [0, 0.1) is 11.8 Å². The van der Waals surface area contributed by atoms with Crippen molar-refractivity contribution in [1.82, 2.24) is 35.4 Å². The van der Waals surface area contributed by atoms with Crippen LogP contribution in [0.5, 0.6) is 5.75 Å². The number of nitrogens with zero attached hydrogens (tertiary/aromatic N) is 4. The van der Waals surface area contributed by atoms with Crippen molar-refractivity contribution in [2.45, 2.75) is 58.7 Å². The van der Waals surface area contributed by atoms with Crippen LogP contribution in [0.3, 0.4) is 0 Å². The van der Waals surface area contributed by atoms with Crippen LogP contribution < -0.4 is 36.2 Å². The number of nitrogens with one attached hydrogen (secondary N) is 5. The molecular formula is C38H51N9O7S. The van der Waals surface area contributed by atoms with E-state index < -0.39 is 55.0 Å². The topological polar surface area (TPSA) is 194 Å². The smallest absolute Gasteiger partial charge is 0.319 e. The van der Waals surface area contributed by atoms with Crippen molar-refractivity contribution in [2.75, 3.05) is 63.1 Å². The van der Waals surface area contributed by atoms with E-state index in [2.05, 4.69) is 41.9 Å². The molecule has 55 heavy (non-hydrogen) atoms. The maximum atomic E-state index is 13.9. The molecule has 16 nitrogen and oxygen atoms in total. The molecule has 0 saturated carbocycles. The Morgan fingerprint density at radius 2 is 1.45 bits per heavy atom. The summed E-state index contributed by atoms with van der Waals surface area (Å²) in [7, 11) is 1.53. The minimum Gasteiger partial charge on any atom is -0.497 e. The number of piperazine rings is 1. The summed E-state index contributed by atoms with van der Waals surface area (Å²) in [6.07, 6.45) is 1.22. The lowest BCUT2D eigenvalue weighted by molar-refractivity contribution is -0.146. The second-order valence-electron chi connectivity index (χ2n) is 14.3. The number of benzene rings is 2. The van der Waals surface area contributed by atoms with Crippen LogP contribution in [0.25, 0.3) is 10.1 Å². The number of fused-ring (bicyclic) bond motifs is 1. The number of ether oxygens (including phenoxy) is 1. The fourth-order valence-corrected chi connectivity index (χ4v) is 7.50. The molecule has 7 amide bonds. The predicted octanol–water partition coefficient (Wildman–Crippen LogP) is 2.16. The third-order valence-electron chi connectivity index (χ3n) is 9.77. The molecule has 0 bridgehead atoms. The lowest BCUT2D eigenvalue weighted by Crippen LogP contribution is -2.58. The van der Waals surface area contributed by atoms with Gasteiger partial charge in [-0.25, -0.2) is 4.79 Å². The molecule has 5 N–H and O–H groups in total. The van der Waals surface area contributed by atoms with Crippen LogP contribution in [0.2, 0.25) is 0 Å². The molecule has 3 aromatic rings. The number of urea groups is 1. The highest BCUT2D eigenvalue weighted by Crippen LogP contribution is 2.30. The first-order valence-electron chi connectivity index (χ1n) is 18.6. The Labute approximate surface area is 324 Å². The lowest BCUT2D eigenvalue weighted by Gasteiger charge is -2.38. The number of hydrogen-bond donors (Lipinski definition) is 5. The largest absolute Gasteiger partial charge is 0.497 e. The minimum absolute atomic E-state index is 0.0930. The Balaban J connectivity index is 1.08. The Hall–Kier alpha value is -5.45. The van der Waals surface area contributed by atoms with Crippen molar-refractivity contribution in [3.05, 3.63) is 48.5 Å². The average molecular weight is 778 g/mol. The van der Waals surface area contributed by atoms with Crippen LogP contribution in [0.1, 0.15) is 40.5 Å². The molecule has 0 spiro atoms. The molecule has 3 atom stereocenters. The molecule has 5 rings (SSSR count). The van der Waals surface area contributed by atoms with E-state index in [1.54, 1.807) is 43.0 Å². The fraction of sp³-hybridized carbons (Fsp3) is 0.500. The molecule has 2 aromatic carbocycles. The van der Waals surface area contributed by atoms with Gasteiger partial charge in [0.15, 0.2) is 0 Å². The first-order valence-corrected chi connectivity index (χ1v) is 19.4. The normalized spacial score (nSPS) is 16.8. The van der Waals surface area contributed by atoms with Gasteiger partial charge in [0.2, 0.25) is 29.5 Å². The van der Waals surface area contributed by atoms with E-state index in [9.17, 15) is 28.8 Å². The van der Waals surface area contributed by atoms with Crippen LogP contribution in [0.4, 0.5) is 16.3 Å². The van der Waals surface area contributed by atoms with Gasteiger partial charge >= 0.3 is 6.03 Å². The van der Waals surface area contributed by atoms with E-state index in [1.807, 2.05) is 36.9 Å². The molecule has 0 radical (unpaired) electrons. The number of anilines is 2. The zero-order valence-corrected chi connectivity index (χ0v) is 32.7. The van der Waals surface area contributed by atoms with Crippen molar-refractivity contribution >= 4 is 68.7 Å². The van der Waals surface area contributed by atoms with Gasteiger partial charge in [0.05, 0.1) is 24.9 Å². The summed E-state index contributed by atoms with van der Waals surface area (Å²) in [5.74, 6) is -1.29. The molecule has 3 heterocycles. The molecule has 0 aliphatic carbocycles. The van der Waals surface area contributed by atoms with Gasteiger partial charge < -0.3 is 46.0 Å². The van der Waals surface area contributed by atoms with E-state index in [-0.39, 0.29) is 23.7 Å². The summed E-state index contributed by atoms with van der Waals surface area (Å²) >= 11 is 1.46. The van der Waals surface area contributed by atoms with E-state index in [1.165, 1.54) is 18.6 Å². The SMILES string of the molecule is COc1ccc(NC(=O)NCC(=O)N[C@H](C(=O)NCC(=O)N[C@H](C(=O)N2CCC[C@H]2C(=O)N2CCN(c3nsc4ccccc34)CC2)C(C)C)C(C)C)cc1. The molecule has 2 saturated heterocycles. The summed E-state index contributed by atoms with van der Waals surface area (Å²) in [5, 5.41) is 14.1. The molecule has 2 fully saturated rings. The summed E-state index contributed by atoms with van der Waals surface area (Å²) in [6.45, 7) is 8.98. The molecular weight excluding hydrogens is 727 g/mol. The zero-order valence-electron chi connectivity index (χ0n) is 31.9. The Bertz CT molecular complexity index is 1840. The standard InChI is InChI=1S/C38H51N9O7S/c1-23(2)32(42-31(49)22-40-38(53)41-25-12-14-26(54-5)15-13-25)35(50)39-21-30(48)43-33(24(3)4)37(52)47-16-8-10-28(47)36(51)46-19-17-45(18-20-46)34-27-9-6-7-11-29(27)55-44-34/h6-7,9,11-15,23-24,28,32-33H,8,10,16-22H2,1-5H3,(H,39,50)(H,42,49)(H,43,48)(H2,40,41,53)/t28-,32-,33-/m0/s1. The van der Waals surface area contributed by atoms with E-state index >= 15 is 0 Å². The molecule has 17 heteroatoms. The first-order chi connectivity index (χ1) is 26.4. The quantitative estimate of drug-likeness (QED) is 0.163. The number of methoxy groups -OCH3 is 1. The summed E-state index contributed by atoms with van der Waals surface area (Å²) in [5.41, 5.74) is 0.498. The minimum atomic E-state index is -0.992. The van der Waals surface area contributed by atoms with Crippen LogP contribution >= 0.6 is 11.5 Å². The molecule has 1 aromatic heterocycles. The molecule has 2 aliphatic heterocycles. The second-order valence-corrected chi connectivity index (χ2v) is 15.1. The Kier molecular flexibility index (Phi) is 13.9. The van der Waals surface area contributed by atoms with Crippen molar-refractivity contribution in [2.24, 2.45) is 11.8 Å². The third-order valence-corrected chi connectivity index (χ3v) is 10.6. The summed E-state index contributed by atoms with van der Waals surface area (Å²) in [4.78, 5) is 84.4. The summed E-state index contributed by atoms with van der Waals surface area (Å²) < 4.78 is 10.9. The maximum Gasteiger partial charge on any atom is 0.319 e. The van der Waals surface area contributed by atoms with Crippen molar-refractivity contribution < 1.29 is 33.5 Å². The number of likely N-dealkylation sites (tertiary alicyclic amines) is 1. The van der Waals surface area contributed by atoms with E-state index in [4.69, 9.17) is 4.74 Å². The maximum absolute atomic E-state index is 13.9. The molecule has 2 aliphatic rings. The van der Waals surface area contributed by atoms with Crippen LogP contribution in [-0.2, 0) is 24.0 Å². The van der Waals surface area contributed by atoms with Gasteiger partial charge in [-0.15, -0.1) is 0 Å². The molecule has 0 unspecified atom stereocenters. The number of rotatable bonds is 14. The Morgan fingerprint density at radius 1 is 0.818 bits per heavy atom. The third kappa shape index (κ3) is 10.4. The predicted molar refractivity (Wildman–Crippen MR) is 210 cm³/mol. The highest BCUT2D eigenvalue weighted by atomic mass is 32.1. The van der Waals surface area contributed by atoms with Gasteiger partial charge in [0.1, 0.15) is 29.7 Å². The number of aromatic nitrogens is 1. The summed E-state index contributed by atoms with van der Waals surface area (Å²) in [6, 6.07) is 11.6. The van der Waals surface area contributed by atoms with E-state index in [0.717, 1.165) is 15.9 Å². The average Bonchev–Trinajstić information content (AvgIpc) is 3.85. The van der Waals surface area contributed by atoms with Crippen LogP contribution in [0.15, 0.2) is 48.5 Å². The van der Waals surface area contributed by atoms with Gasteiger partial charge in [-0.2, -0.15) is 4.37 Å². The van der Waals surface area contributed by atoms with Crippen molar-refractivity contribution in [3.63, 3.8) is 0 Å². The van der Waals surface area contributed by atoms with Gasteiger partial charge in [-0.1, -0.05) is 39.8 Å². The Morgan fingerprint density at radius 3 is 2.11 bits per heavy atom. The highest BCUT2D eigenvalue weighted by molar-refractivity contribution is 7.13. The van der Waals surface area contributed by atoms with Crippen LogP contribution in [-0.4, -0.2) is 121 Å². The van der Waals surface area contributed by atoms with Gasteiger partial charge in [0, 0.05) is 43.8 Å². The van der Waals surface area contributed by atoms with Crippen molar-refractivity contribution in [3.8, 4) is 5.75 Å². The lowest BCUT2D eigenvalue weighted by atomic mass is 10.0. The fourth-order valence-electron chi connectivity index (χ4n) is 6.70. The number of amides is 7. The first kappa shape index (κ1) is 40.7. The molecule has 296 valence electrons. The number of carbonyl (C=O) groups is 6. The van der Waals surface area contributed by atoms with Gasteiger partial charge in [-0.3, -0.25) is 24.0 Å². The van der Waals surface area contributed by atoms with Crippen molar-refractivity contribution in [1.29, 1.82) is 0 Å². The van der Waals surface area contributed by atoms with Gasteiger partial charge in [-0.05, 0) is 72.6 Å². The second kappa shape index (κ2) is 18.7.